The zero-order valence-electron chi connectivity index (χ0n) is 16.5. The molecule has 27 heavy (non-hydrogen) atoms. The summed E-state index contributed by atoms with van der Waals surface area (Å²) < 4.78 is 7.70. The summed E-state index contributed by atoms with van der Waals surface area (Å²) in [5.74, 6) is 2.64. The van der Waals surface area contributed by atoms with Gasteiger partial charge >= 0.3 is 0 Å². The molecule has 6 nitrogen and oxygen atoms in total. The molecule has 1 aromatic heterocycles. The number of aromatic nitrogens is 2. The molecular weight excluding hydrogens is 338 g/mol. The van der Waals surface area contributed by atoms with Gasteiger partial charge in [-0.05, 0) is 18.9 Å². The van der Waals surface area contributed by atoms with Gasteiger partial charge in [0.1, 0.15) is 5.82 Å². The highest BCUT2D eigenvalue weighted by atomic mass is 16.5. The molecule has 1 fully saturated rings. The van der Waals surface area contributed by atoms with Crippen LogP contribution in [0.4, 0.5) is 0 Å². The smallest absolute Gasteiger partial charge is 0.193 e. The highest BCUT2D eigenvalue weighted by Gasteiger charge is 2.19. The third-order valence-corrected chi connectivity index (χ3v) is 4.85. The molecule has 3 rings (SSSR count). The number of nitrogens with zero attached hydrogens (tertiary/aromatic N) is 4. The molecule has 0 saturated carbocycles. The van der Waals surface area contributed by atoms with Gasteiger partial charge in [-0.25, -0.2) is 4.98 Å². The van der Waals surface area contributed by atoms with Gasteiger partial charge in [-0.2, -0.15) is 0 Å². The summed E-state index contributed by atoms with van der Waals surface area (Å²) in [4.78, 5) is 11.6. The summed E-state index contributed by atoms with van der Waals surface area (Å²) >= 11 is 0. The first kappa shape index (κ1) is 19.4. The fourth-order valence-electron chi connectivity index (χ4n) is 3.42. The summed E-state index contributed by atoms with van der Waals surface area (Å²) in [5, 5.41) is 3.40. The maximum atomic E-state index is 5.49. The van der Waals surface area contributed by atoms with E-state index in [-0.39, 0.29) is 0 Å². The minimum atomic E-state index is 0.601. The first-order chi connectivity index (χ1) is 13.3. The highest BCUT2D eigenvalue weighted by molar-refractivity contribution is 5.79. The number of rotatable bonds is 8. The molecule has 1 N–H and O–H groups in total. The Morgan fingerprint density at radius 2 is 2.22 bits per heavy atom. The van der Waals surface area contributed by atoms with Crippen LogP contribution < -0.4 is 5.32 Å². The fraction of sp³-hybridized carbons (Fsp3) is 0.524. The van der Waals surface area contributed by atoms with Gasteiger partial charge in [-0.3, -0.25) is 4.99 Å². The summed E-state index contributed by atoms with van der Waals surface area (Å²) in [6.07, 6.45) is 5.89. The Kier molecular flexibility index (Phi) is 7.27. The van der Waals surface area contributed by atoms with E-state index in [1.54, 1.807) is 0 Å². The van der Waals surface area contributed by atoms with Crippen LogP contribution in [0.5, 0.6) is 0 Å². The van der Waals surface area contributed by atoms with Crippen molar-refractivity contribution in [1.82, 2.24) is 19.8 Å². The predicted molar refractivity (Wildman–Crippen MR) is 109 cm³/mol. The minimum absolute atomic E-state index is 0.601. The molecule has 1 atom stereocenters. The van der Waals surface area contributed by atoms with Crippen molar-refractivity contribution in [1.29, 1.82) is 0 Å². The van der Waals surface area contributed by atoms with Gasteiger partial charge < -0.3 is 19.5 Å². The zero-order valence-corrected chi connectivity index (χ0v) is 16.5. The number of hydrogen-bond donors (Lipinski definition) is 1. The molecule has 1 saturated heterocycles. The van der Waals surface area contributed by atoms with Gasteiger partial charge in [0.2, 0.25) is 0 Å². The second kappa shape index (κ2) is 10.1. The quantitative estimate of drug-likeness (QED) is 0.573. The van der Waals surface area contributed by atoms with Crippen LogP contribution in [0.25, 0.3) is 0 Å². The number of guanidine groups is 1. The lowest BCUT2D eigenvalue weighted by Crippen LogP contribution is -2.41. The van der Waals surface area contributed by atoms with Crippen LogP contribution in [0.15, 0.2) is 47.7 Å². The third-order valence-electron chi connectivity index (χ3n) is 4.85. The standard InChI is InChI=1S/C21H31N5O/c1-3-22-21(25(2)15-19-10-14-27-17-19)24-11-9-20-23-12-13-26(20)16-18-7-5-4-6-8-18/h4-8,12-13,19H,3,9-11,14-17H2,1-2H3,(H,22,24). The first-order valence-corrected chi connectivity index (χ1v) is 9.87. The molecule has 0 aliphatic carbocycles. The molecule has 2 aromatic rings. The van der Waals surface area contributed by atoms with E-state index < -0.39 is 0 Å². The van der Waals surface area contributed by atoms with Crippen molar-refractivity contribution in [2.24, 2.45) is 10.9 Å². The maximum absolute atomic E-state index is 5.49. The molecular formula is C21H31N5O. The summed E-state index contributed by atoms with van der Waals surface area (Å²) in [6, 6.07) is 10.5. The van der Waals surface area contributed by atoms with E-state index in [1.807, 2.05) is 18.5 Å². The van der Waals surface area contributed by atoms with Crippen LogP contribution in [0.1, 0.15) is 24.7 Å². The fourth-order valence-corrected chi connectivity index (χ4v) is 3.42. The van der Waals surface area contributed by atoms with Crippen molar-refractivity contribution >= 4 is 5.96 Å². The Balaban J connectivity index is 1.56. The SMILES string of the molecule is CCNC(=NCCc1nccn1Cc1ccccc1)N(C)CC1CCOC1. The second-order valence-corrected chi connectivity index (χ2v) is 7.05. The van der Waals surface area contributed by atoms with Crippen LogP contribution in [0.3, 0.4) is 0 Å². The predicted octanol–water partition coefficient (Wildman–Crippen LogP) is 2.41. The molecule has 0 radical (unpaired) electrons. The van der Waals surface area contributed by atoms with E-state index in [4.69, 9.17) is 9.73 Å². The van der Waals surface area contributed by atoms with E-state index in [9.17, 15) is 0 Å². The number of imidazole rings is 1. The highest BCUT2D eigenvalue weighted by Crippen LogP contribution is 2.13. The first-order valence-electron chi connectivity index (χ1n) is 9.87. The zero-order chi connectivity index (χ0) is 18.9. The molecule has 1 aliphatic rings. The van der Waals surface area contributed by atoms with Gasteiger partial charge in [-0.1, -0.05) is 30.3 Å². The summed E-state index contributed by atoms with van der Waals surface area (Å²) in [6.45, 7) is 7.27. The molecule has 1 aliphatic heterocycles. The van der Waals surface area contributed by atoms with Crippen molar-refractivity contribution < 1.29 is 4.74 Å². The molecule has 1 unspecified atom stereocenters. The van der Waals surface area contributed by atoms with Crippen molar-refractivity contribution in [2.75, 3.05) is 39.9 Å². The largest absolute Gasteiger partial charge is 0.381 e. The number of hydrogen-bond acceptors (Lipinski definition) is 3. The topological polar surface area (TPSA) is 54.7 Å². The lowest BCUT2D eigenvalue weighted by atomic mass is 10.1. The third kappa shape index (κ3) is 5.82. The van der Waals surface area contributed by atoms with E-state index in [1.165, 1.54) is 5.56 Å². The van der Waals surface area contributed by atoms with Gasteiger partial charge in [0.05, 0.1) is 6.61 Å². The normalized spacial score (nSPS) is 17.3. The molecule has 6 heteroatoms. The molecule has 0 bridgehead atoms. The maximum Gasteiger partial charge on any atom is 0.193 e. The van der Waals surface area contributed by atoms with E-state index >= 15 is 0 Å². The number of aliphatic imine (C=N–C) groups is 1. The molecule has 2 heterocycles. The van der Waals surface area contributed by atoms with Crippen LogP contribution in [0.2, 0.25) is 0 Å². The van der Waals surface area contributed by atoms with Crippen LogP contribution in [-0.4, -0.2) is 60.3 Å². The lowest BCUT2D eigenvalue weighted by Gasteiger charge is -2.24. The van der Waals surface area contributed by atoms with E-state index in [0.717, 1.165) is 64.0 Å². The monoisotopic (exact) mass is 369 g/mol. The van der Waals surface area contributed by atoms with Crippen molar-refractivity contribution in [3.05, 3.63) is 54.1 Å². The number of ether oxygens (including phenoxy) is 1. The number of benzene rings is 1. The Morgan fingerprint density at radius 1 is 1.37 bits per heavy atom. The average Bonchev–Trinajstić information content (AvgIpc) is 3.34. The second-order valence-electron chi connectivity index (χ2n) is 7.05. The molecule has 146 valence electrons. The van der Waals surface area contributed by atoms with Crippen LogP contribution >= 0.6 is 0 Å². The molecule has 1 aromatic carbocycles. The van der Waals surface area contributed by atoms with E-state index in [2.05, 4.69) is 58.0 Å². The van der Waals surface area contributed by atoms with Gasteiger partial charge in [-0.15, -0.1) is 0 Å². The number of nitrogens with one attached hydrogen (secondary N) is 1. The van der Waals surface area contributed by atoms with Crippen molar-refractivity contribution in [3.8, 4) is 0 Å². The Morgan fingerprint density at radius 3 is 2.96 bits per heavy atom. The molecule has 0 spiro atoms. The molecule has 0 amide bonds. The van der Waals surface area contributed by atoms with Crippen molar-refractivity contribution in [3.63, 3.8) is 0 Å². The van der Waals surface area contributed by atoms with Crippen LogP contribution in [0, 0.1) is 5.92 Å². The Hall–Kier alpha value is -2.34. The Labute approximate surface area is 162 Å². The van der Waals surface area contributed by atoms with Crippen LogP contribution in [-0.2, 0) is 17.7 Å². The average molecular weight is 370 g/mol. The van der Waals surface area contributed by atoms with Gasteiger partial charge in [0.15, 0.2) is 5.96 Å². The van der Waals surface area contributed by atoms with Gasteiger partial charge in [0, 0.05) is 64.6 Å². The summed E-state index contributed by atoms with van der Waals surface area (Å²) in [5.41, 5.74) is 1.28. The van der Waals surface area contributed by atoms with E-state index in [0.29, 0.717) is 5.92 Å². The van der Waals surface area contributed by atoms with Crippen molar-refractivity contribution in [2.45, 2.75) is 26.3 Å². The van der Waals surface area contributed by atoms with Gasteiger partial charge in [0.25, 0.3) is 0 Å². The lowest BCUT2D eigenvalue weighted by molar-refractivity contribution is 0.181. The minimum Gasteiger partial charge on any atom is -0.381 e. The Bertz CT molecular complexity index is 706. The summed E-state index contributed by atoms with van der Waals surface area (Å²) in [7, 11) is 2.11.